The predicted molar refractivity (Wildman–Crippen MR) is 79.7 cm³/mol. The molecule has 1 heterocycles. The zero-order chi connectivity index (χ0) is 13.3. The highest BCUT2D eigenvalue weighted by atomic mass is 16.5. The van der Waals surface area contributed by atoms with Gasteiger partial charge in [-0.3, -0.25) is 4.90 Å². The summed E-state index contributed by atoms with van der Waals surface area (Å²) in [6, 6.07) is 10.8. The van der Waals surface area contributed by atoms with E-state index in [1.54, 1.807) is 0 Å². The topological polar surface area (TPSA) is 24.5 Å². The monoisotopic (exact) mass is 262 g/mol. The molecule has 1 aliphatic heterocycles. The molecule has 0 amide bonds. The SMILES string of the molecule is CCCN(CCCOc1ccccc1)C1CCNC1. The van der Waals surface area contributed by atoms with Gasteiger partial charge < -0.3 is 10.1 Å². The lowest BCUT2D eigenvalue weighted by Gasteiger charge is -2.27. The maximum absolute atomic E-state index is 5.75. The van der Waals surface area contributed by atoms with Gasteiger partial charge in [0.25, 0.3) is 0 Å². The Labute approximate surface area is 116 Å². The molecule has 1 aromatic rings. The maximum Gasteiger partial charge on any atom is 0.119 e. The number of nitrogens with one attached hydrogen (secondary N) is 1. The number of para-hydroxylation sites is 1. The molecule has 0 aromatic heterocycles. The van der Waals surface area contributed by atoms with Gasteiger partial charge in [-0.1, -0.05) is 25.1 Å². The van der Waals surface area contributed by atoms with Crippen LogP contribution in [0.25, 0.3) is 0 Å². The fourth-order valence-electron chi connectivity index (χ4n) is 2.69. The Hall–Kier alpha value is -1.06. The lowest BCUT2D eigenvalue weighted by atomic mass is 10.2. The number of ether oxygens (including phenoxy) is 1. The Bertz CT molecular complexity index is 336. The largest absolute Gasteiger partial charge is 0.494 e. The Morgan fingerprint density at radius 2 is 2.11 bits per heavy atom. The highest BCUT2D eigenvalue weighted by molar-refractivity contribution is 5.20. The molecule has 106 valence electrons. The minimum Gasteiger partial charge on any atom is -0.494 e. The van der Waals surface area contributed by atoms with Crippen LogP contribution >= 0.6 is 0 Å². The molecule has 1 fully saturated rings. The van der Waals surface area contributed by atoms with E-state index in [1.807, 2.05) is 30.3 Å². The fraction of sp³-hybridized carbons (Fsp3) is 0.625. The van der Waals surface area contributed by atoms with Crippen molar-refractivity contribution >= 4 is 0 Å². The third-order valence-electron chi connectivity index (χ3n) is 3.66. The number of hydrogen-bond acceptors (Lipinski definition) is 3. The Morgan fingerprint density at radius 1 is 1.26 bits per heavy atom. The number of rotatable bonds is 8. The smallest absolute Gasteiger partial charge is 0.119 e. The molecule has 1 unspecified atom stereocenters. The second kappa shape index (κ2) is 8.18. The van der Waals surface area contributed by atoms with Gasteiger partial charge in [-0.2, -0.15) is 0 Å². The molecule has 0 spiro atoms. The van der Waals surface area contributed by atoms with Crippen molar-refractivity contribution in [2.75, 3.05) is 32.8 Å². The molecule has 1 aromatic carbocycles. The second-order valence-electron chi connectivity index (χ2n) is 5.20. The molecule has 1 saturated heterocycles. The van der Waals surface area contributed by atoms with Crippen molar-refractivity contribution < 1.29 is 4.74 Å². The number of benzene rings is 1. The second-order valence-corrected chi connectivity index (χ2v) is 5.20. The van der Waals surface area contributed by atoms with E-state index in [2.05, 4.69) is 17.1 Å². The van der Waals surface area contributed by atoms with Crippen LogP contribution in [0.5, 0.6) is 5.75 Å². The summed E-state index contributed by atoms with van der Waals surface area (Å²) in [6.45, 7) is 7.75. The molecule has 1 aliphatic rings. The quantitative estimate of drug-likeness (QED) is 0.729. The van der Waals surface area contributed by atoms with Crippen molar-refractivity contribution in [2.45, 2.75) is 32.2 Å². The van der Waals surface area contributed by atoms with Crippen LogP contribution in [0.3, 0.4) is 0 Å². The van der Waals surface area contributed by atoms with E-state index < -0.39 is 0 Å². The Morgan fingerprint density at radius 3 is 2.79 bits per heavy atom. The van der Waals surface area contributed by atoms with Crippen LogP contribution in [0.15, 0.2) is 30.3 Å². The molecule has 0 saturated carbocycles. The minimum absolute atomic E-state index is 0.733. The Balaban J connectivity index is 1.67. The fourth-order valence-corrected chi connectivity index (χ4v) is 2.69. The van der Waals surface area contributed by atoms with Gasteiger partial charge >= 0.3 is 0 Å². The van der Waals surface area contributed by atoms with Crippen LogP contribution < -0.4 is 10.1 Å². The van der Waals surface area contributed by atoms with Gasteiger partial charge in [0.15, 0.2) is 0 Å². The van der Waals surface area contributed by atoms with Crippen molar-refractivity contribution in [1.29, 1.82) is 0 Å². The van der Waals surface area contributed by atoms with Gasteiger partial charge in [0.05, 0.1) is 6.61 Å². The molecule has 1 N–H and O–H groups in total. The molecule has 19 heavy (non-hydrogen) atoms. The van der Waals surface area contributed by atoms with Crippen molar-refractivity contribution in [3.8, 4) is 5.75 Å². The van der Waals surface area contributed by atoms with Crippen molar-refractivity contribution in [3.63, 3.8) is 0 Å². The summed E-state index contributed by atoms with van der Waals surface area (Å²) in [5.41, 5.74) is 0. The zero-order valence-electron chi connectivity index (χ0n) is 12.0. The van der Waals surface area contributed by atoms with Crippen molar-refractivity contribution in [2.24, 2.45) is 0 Å². The Kier molecular flexibility index (Phi) is 6.18. The number of nitrogens with zero attached hydrogens (tertiary/aromatic N) is 1. The van der Waals surface area contributed by atoms with E-state index >= 15 is 0 Å². The average molecular weight is 262 g/mol. The van der Waals surface area contributed by atoms with Gasteiger partial charge in [-0.05, 0) is 44.5 Å². The molecule has 0 aliphatic carbocycles. The molecule has 0 bridgehead atoms. The van der Waals surface area contributed by atoms with Crippen LogP contribution in [-0.4, -0.2) is 43.7 Å². The number of hydrogen-bond donors (Lipinski definition) is 1. The third kappa shape index (κ3) is 4.84. The molecule has 3 nitrogen and oxygen atoms in total. The maximum atomic E-state index is 5.75. The van der Waals surface area contributed by atoms with E-state index in [4.69, 9.17) is 4.74 Å². The van der Waals surface area contributed by atoms with E-state index in [9.17, 15) is 0 Å². The average Bonchev–Trinajstić information content (AvgIpc) is 2.97. The minimum atomic E-state index is 0.733. The van der Waals surface area contributed by atoms with Gasteiger partial charge in [0.2, 0.25) is 0 Å². The van der Waals surface area contributed by atoms with Gasteiger partial charge in [0, 0.05) is 19.1 Å². The van der Waals surface area contributed by atoms with Gasteiger partial charge in [0.1, 0.15) is 5.75 Å². The molecule has 2 rings (SSSR count). The van der Waals surface area contributed by atoms with Crippen LogP contribution in [0.4, 0.5) is 0 Å². The first-order valence-corrected chi connectivity index (χ1v) is 7.52. The highest BCUT2D eigenvalue weighted by Gasteiger charge is 2.20. The summed E-state index contributed by atoms with van der Waals surface area (Å²) in [7, 11) is 0. The summed E-state index contributed by atoms with van der Waals surface area (Å²) in [6.07, 6.45) is 3.63. The first-order chi connectivity index (χ1) is 9.40. The van der Waals surface area contributed by atoms with E-state index in [0.717, 1.165) is 37.9 Å². The molecule has 1 atom stereocenters. The first kappa shape index (κ1) is 14.4. The summed E-state index contributed by atoms with van der Waals surface area (Å²) in [4.78, 5) is 2.62. The summed E-state index contributed by atoms with van der Waals surface area (Å²) < 4.78 is 5.75. The lowest BCUT2D eigenvalue weighted by molar-refractivity contribution is 0.188. The van der Waals surface area contributed by atoms with Crippen LogP contribution in [-0.2, 0) is 0 Å². The van der Waals surface area contributed by atoms with Crippen LogP contribution in [0.2, 0.25) is 0 Å². The predicted octanol–water partition coefficient (Wildman–Crippen LogP) is 2.53. The van der Waals surface area contributed by atoms with Crippen molar-refractivity contribution in [3.05, 3.63) is 30.3 Å². The molecule has 0 radical (unpaired) electrons. The van der Waals surface area contributed by atoms with E-state index in [0.29, 0.717) is 0 Å². The van der Waals surface area contributed by atoms with Gasteiger partial charge in [-0.25, -0.2) is 0 Å². The first-order valence-electron chi connectivity index (χ1n) is 7.52. The van der Waals surface area contributed by atoms with Gasteiger partial charge in [-0.15, -0.1) is 0 Å². The third-order valence-corrected chi connectivity index (χ3v) is 3.66. The molecular weight excluding hydrogens is 236 g/mol. The van der Waals surface area contributed by atoms with E-state index in [1.165, 1.54) is 25.9 Å². The standard InChI is InChI=1S/C16H26N2O/c1-2-11-18(15-9-10-17-14-15)12-6-13-19-16-7-4-3-5-8-16/h3-5,7-8,15,17H,2,6,9-14H2,1H3. The van der Waals surface area contributed by atoms with Crippen LogP contribution in [0, 0.1) is 0 Å². The zero-order valence-corrected chi connectivity index (χ0v) is 12.0. The summed E-state index contributed by atoms with van der Waals surface area (Å²) in [5, 5.41) is 3.45. The summed E-state index contributed by atoms with van der Waals surface area (Å²) in [5.74, 6) is 0.979. The molecule has 3 heteroatoms. The highest BCUT2D eigenvalue weighted by Crippen LogP contribution is 2.11. The molecular formula is C16H26N2O. The van der Waals surface area contributed by atoms with Crippen LogP contribution in [0.1, 0.15) is 26.2 Å². The van der Waals surface area contributed by atoms with Crippen molar-refractivity contribution in [1.82, 2.24) is 10.2 Å². The normalized spacial score (nSPS) is 18.9. The summed E-state index contributed by atoms with van der Waals surface area (Å²) >= 11 is 0. The lowest BCUT2D eigenvalue weighted by Crippen LogP contribution is -2.38. The van der Waals surface area contributed by atoms with E-state index in [-0.39, 0.29) is 0 Å².